The van der Waals surface area contributed by atoms with Crippen molar-refractivity contribution >= 4 is 25.8 Å². The number of rotatable bonds is 5. The molecule has 0 amide bonds. The van der Waals surface area contributed by atoms with Gasteiger partial charge in [-0.3, -0.25) is 0 Å². The van der Waals surface area contributed by atoms with Crippen LogP contribution in [0.15, 0.2) is 38.7 Å². The molecule has 152 valence electrons. The number of nitrogens with one attached hydrogen (secondary N) is 2. The fourth-order valence-corrected chi connectivity index (χ4v) is 8.00. The molecule has 3 rings (SSSR count). The first kappa shape index (κ1) is 20.8. The average Bonchev–Trinajstić information content (AvgIpc) is 2.78. The van der Waals surface area contributed by atoms with Gasteiger partial charge in [-0.1, -0.05) is 0 Å². The second kappa shape index (κ2) is 9.07. The molecule has 1 fully saturated rings. The Morgan fingerprint density at radius 1 is 1.33 bits per heavy atom. The van der Waals surface area contributed by atoms with Gasteiger partial charge in [0.05, 0.1) is 0 Å². The van der Waals surface area contributed by atoms with Crippen LogP contribution in [0, 0.1) is 11.8 Å². The number of alkyl halides is 1. The predicted octanol–water partition coefficient (Wildman–Crippen LogP) is 2.50. The van der Waals surface area contributed by atoms with Gasteiger partial charge in [0.15, 0.2) is 0 Å². The van der Waals surface area contributed by atoms with E-state index < -0.39 is 30.4 Å². The molecule has 0 radical (unpaired) electrons. The third kappa shape index (κ3) is 4.58. The molecule has 2 aliphatic carbocycles. The number of hydrogen-bond acceptors (Lipinski definition) is 6. The number of nitrogens with two attached hydrogens (primary N) is 2. The van der Waals surface area contributed by atoms with Crippen LogP contribution in [0.3, 0.4) is 0 Å². The number of nitrogens with zero attached hydrogens (tertiary/aromatic N) is 1. The maximum absolute atomic E-state index is 10.6. The summed E-state index contributed by atoms with van der Waals surface area (Å²) in [7, 11) is 1.89. The van der Waals surface area contributed by atoms with Crippen molar-refractivity contribution in [3.8, 4) is 0 Å². The van der Waals surface area contributed by atoms with Crippen LogP contribution in [-0.4, -0.2) is 34.2 Å². The van der Waals surface area contributed by atoms with Crippen molar-refractivity contribution in [3.05, 3.63) is 33.7 Å². The van der Waals surface area contributed by atoms with Gasteiger partial charge in [-0.25, -0.2) is 0 Å². The van der Waals surface area contributed by atoms with Gasteiger partial charge in [-0.15, -0.1) is 0 Å². The Kier molecular flexibility index (Phi) is 6.99. The Hall–Kier alpha value is -0.900. The van der Waals surface area contributed by atoms with E-state index in [2.05, 4.69) is 36.3 Å². The Morgan fingerprint density at radius 3 is 2.67 bits per heavy atom. The van der Waals surface area contributed by atoms with Crippen molar-refractivity contribution in [2.75, 3.05) is 7.05 Å². The van der Waals surface area contributed by atoms with Crippen LogP contribution < -0.4 is 20.3 Å². The van der Waals surface area contributed by atoms with Gasteiger partial charge >= 0.3 is 171 Å². The standard InChI is InChI=1S/C20H34IN5O/c1-4-13-5-10-17-16(11-13)18(26-20(22)19(27)21(17)23)14-6-8-15(9-7-14)25-12(2)24-3/h5,10,14-16,19-20,24-25,27H,2,4,6-9,11,22-23H2,1,3H3. The number of allylic oxidation sites excluding steroid dienone is 4. The van der Waals surface area contributed by atoms with Crippen molar-refractivity contribution in [1.29, 1.82) is 0 Å². The summed E-state index contributed by atoms with van der Waals surface area (Å²) in [5.41, 5.74) is 8.88. The van der Waals surface area contributed by atoms with E-state index in [1.807, 2.05) is 7.05 Å². The summed E-state index contributed by atoms with van der Waals surface area (Å²) in [6.45, 7) is 6.17. The zero-order valence-corrected chi connectivity index (χ0v) is 18.6. The third-order valence-electron chi connectivity index (χ3n) is 5.99. The van der Waals surface area contributed by atoms with Gasteiger partial charge in [0.1, 0.15) is 0 Å². The van der Waals surface area contributed by atoms with E-state index in [9.17, 15) is 5.11 Å². The van der Waals surface area contributed by atoms with Gasteiger partial charge in [-0.2, -0.15) is 0 Å². The summed E-state index contributed by atoms with van der Waals surface area (Å²) in [6, 6.07) is 0.456. The molecule has 0 saturated heterocycles. The van der Waals surface area contributed by atoms with E-state index in [0.717, 1.165) is 44.3 Å². The number of aliphatic hydroxyl groups is 1. The van der Waals surface area contributed by atoms with E-state index in [1.165, 1.54) is 14.9 Å². The van der Waals surface area contributed by atoms with E-state index >= 15 is 0 Å². The Labute approximate surface area is 170 Å². The summed E-state index contributed by atoms with van der Waals surface area (Å²) < 4.78 is 7.10. The molecule has 7 heteroatoms. The molecule has 3 aliphatic rings. The molecule has 0 bridgehead atoms. The molecule has 6 nitrogen and oxygen atoms in total. The topological polar surface area (TPSA) is 109 Å². The van der Waals surface area contributed by atoms with Crippen LogP contribution in [0.5, 0.6) is 0 Å². The van der Waals surface area contributed by atoms with Crippen LogP contribution in [0.4, 0.5) is 0 Å². The second-order valence-electron chi connectivity index (χ2n) is 7.67. The predicted molar refractivity (Wildman–Crippen MR) is 121 cm³/mol. The van der Waals surface area contributed by atoms with Crippen LogP contribution in [0.1, 0.15) is 45.4 Å². The molecule has 0 spiro atoms. The summed E-state index contributed by atoms with van der Waals surface area (Å²) in [4.78, 5) is 4.87. The Bertz CT molecular complexity index is 651. The summed E-state index contributed by atoms with van der Waals surface area (Å²) >= 11 is -2.20. The number of aliphatic hydroxyl groups excluding tert-OH is 1. The van der Waals surface area contributed by atoms with Crippen molar-refractivity contribution in [2.45, 2.75) is 61.8 Å². The first-order valence-corrected chi connectivity index (χ1v) is 13.5. The van der Waals surface area contributed by atoms with Crippen molar-refractivity contribution in [2.24, 2.45) is 26.5 Å². The minimum absolute atomic E-state index is 0.255. The normalized spacial score (nSPS) is 35.2. The van der Waals surface area contributed by atoms with Gasteiger partial charge in [-0.05, 0) is 0 Å². The maximum atomic E-state index is 10.6. The summed E-state index contributed by atoms with van der Waals surface area (Å²) in [5.74, 6) is 1.56. The van der Waals surface area contributed by atoms with E-state index in [-0.39, 0.29) is 5.92 Å². The molecule has 0 aromatic heterocycles. The molecule has 7 N–H and O–H groups in total. The molecule has 27 heavy (non-hydrogen) atoms. The number of hydrogen-bond donors (Lipinski definition) is 5. The second-order valence-corrected chi connectivity index (χ2v) is 12.2. The van der Waals surface area contributed by atoms with Crippen LogP contribution >= 0.6 is 20.1 Å². The van der Waals surface area contributed by atoms with Gasteiger partial charge in [0.2, 0.25) is 0 Å². The van der Waals surface area contributed by atoms with Crippen molar-refractivity contribution in [3.63, 3.8) is 0 Å². The molecule has 3 atom stereocenters. The van der Waals surface area contributed by atoms with Crippen LogP contribution in [0.2, 0.25) is 0 Å². The average molecular weight is 487 g/mol. The number of fused-ring (bicyclic) bond motifs is 1. The SMILES string of the molecule is C=C(NC)NC1CCC(C2=NC(N)C(O)I(N)C3=CC=C(CC)CC32)CC1. The van der Waals surface area contributed by atoms with Gasteiger partial charge in [0.25, 0.3) is 0 Å². The zero-order valence-electron chi connectivity index (χ0n) is 16.4. The Morgan fingerprint density at radius 2 is 2.04 bits per heavy atom. The van der Waals surface area contributed by atoms with Gasteiger partial charge < -0.3 is 0 Å². The van der Waals surface area contributed by atoms with E-state index in [4.69, 9.17) is 14.7 Å². The monoisotopic (exact) mass is 487 g/mol. The molecule has 1 aliphatic heterocycles. The molecular formula is C20H34IN5O. The fourth-order valence-electron chi connectivity index (χ4n) is 4.31. The fraction of sp³-hybridized carbons (Fsp3) is 0.650. The number of aliphatic imine (C=N–C) groups is 1. The first-order chi connectivity index (χ1) is 12.9. The Balaban J connectivity index is 1.79. The summed E-state index contributed by atoms with van der Waals surface area (Å²) in [5, 5.41) is 17.1. The first-order valence-electron chi connectivity index (χ1n) is 9.91. The quantitative estimate of drug-likeness (QED) is 0.233. The summed E-state index contributed by atoms with van der Waals surface area (Å²) in [6.07, 6.45) is 10.2. The molecule has 3 unspecified atom stereocenters. The molecule has 1 heterocycles. The molecular weight excluding hydrogens is 453 g/mol. The van der Waals surface area contributed by atoms with Crippen LogP contribution in [-0.2, 0) is 0 Å². The number of halogens is 1. The van der Waals surface area contributed by atoms with E-state index in [1.54, 1.807) is 0 Å². The molecule has 0 aromatic rings. The molecule has 1 saturated carbocycles. The van der Waals surface area contributed by atoms with Gasteiger partial charge in [0, 0.05) is 0 Å². The third-order valence-corrected chi connectivity index (χ3v) is 10.6. The zero-order chi connectivity index (χ0) is 19.6. The minimum atomic E-state index is -2.20. The van der Waals surface area contributed by atoms with Crippen molar-refractivity contribution < 1.29 is 5.11 Å². The van der Waals surface area contributed by atoms with Crippen LogP contribution in [0.25, 0.3) is 0 Å². The van der Waals surface area contributed by atoms with Crippen molar-refractivity contribution in [1.82, 2.24) is 10.6 Å². The van der Waals surface area contributed by atoms with E-state index in [0.29, 0.717) is 12.0 Å². The molecule has 0 aromatic carbocycles.